The summed E-state index contributed by atoms with van der Waals surface area (Å²) in [5.41, 5.74) is 6.96. The first-order chi connectivity index (χ1) is 9.20. The molecule has 1 saturated heterocycles. The van der Waals surface area contributed by atoms with Gasteiger partial charge < -0.3 is 20.4 Å². The molecule has 5 nitrogen and oxygen atoms in total. The molecule has 1 aliphatic heterocycles. The van der Waals surface area contributed by atoms with Crippen molar-refractivity contribution in [3.8, 4) is 0 Å². The fourth-order valence-electron chi connectivity index (χ4n) is 1.93. The Morgan fingerprint density at radius 2 is 2.42 bits per heavy atom. The van der Waals surface area contributed by atoms with E-state index in [1.54, 1.807) is 12.1 Å². The third-order valence-electron chi connectivity index (χ3n) is 3.09. The molecule has 0 aromatic heterocycles. The van der Waals surface area contributed by atoms with Gasteiger partial charge in [-0.05, 0) is 18.1 Å². The van der Waals surface area contributed by atoms with Gasteiger partial charge in [0.15, 0.2) is 5.84 Å². The van der Waals surface area contributed by atoms with Gasteiger partial charge in [0.25, 0.3) is 0 Å². The number of benzene rings is 1. The molecule has 3 N–H and O–H groups in total. The van der Waals surface area contributed by atoms with Crippen LogP contribution in [0.2, 0.25) is 5.02 Å². The Balaban J connectivity index is 1.89. The molecule has 1 fully saturated rings. The lowest BCUT2D eigenvalue weighted by Gasteiger charge is -2.10. The van der Waals surface area contributed by atoms with E-state index in [-0.39, 0.29) is 5.84 Å². The van der Waals surface area contributed by atoms with Gasteiger partial charge in [0.05, 0.1) is 19.8 Å². The van der Waals surface area contributed by atoms with E-state index in [2.05, 4.69) is 5.16 Å². The molecule has 1 aromatic rings. The summed E-state index contributed by atoms with van der Waals surface area (Å²) in [6.07, 6.45) is 1.05. The van der Waals surface area contributed by atoms with Crippen LogP contribution in [0.5, 0.6) is 0 Å². The highest BCUT2D eigenvalue weighted by Crippen LogP contribution is 2.20. The lowest BCUT2D eigenvalue weighted by molar-refractivity contribution is 0.0792. The Morgan fingerprint density at radius 1 is 1.58 bits per heavy atom. The smallest absolute Gasteiger partial charge is 0.170 e. The van der Waals surface area contributed by atoms with Gasteiger partial charge in [-0.15, -0.1) is 0 Å². The predicted molar refractivity (Wildman–Crippen MR) is 72.5 cm³/mol. The zero-order valence-corrected chi connectivity index (χ0v) is 11.3. The topological polar surface area (TPSA) is 77.1 Å². The van der Waals surface area contributed by atoms with Gasteiger partial charge in [0.1, 0.15) is 0 Å². The van der Waals surface area contributed by atoms with E-state index in [1.807, 2.05) is 6.07 Å². The van der Waals surface area contributed by atoms with Crippen LogP contribution < -0.4 is 5.73 Å². The van der Waals surface area contributed by atoms with Crippen molar-refractivity contribution in [2.75, 3.05) is 19.8 Å². The lowest BCUT2D eigenvalue weighted by Crippen LogP contribution is -2.13. The molecule has 1 unspecified atom stereocenters. The van der Waals surface area contributed by atoms with E-state index in [0.717, 1.165) is 25.2 Å². The monoisotopic (exact) mass is 284 g/mol. The normalized spacial score (nSPS) is 19.8. The van der Waals surface area contributed by atoms with Gasteiger partial charge in [-0.2, -0.15) is 0 Å². The van der Waals surface area contributed by atoms with Gasteiger partial charge >= 0.3 is 0 Å². The van der Waals surface area contributed by atoms with E-state index in [9.17, 15) is 0 Å². The van der Waals surface area contributed by atoms with Crippen molar-refractivity contribution in [2.24, 2.45) is 16.8 Å². The number of rotatable bonds is 5. The lowest BCUT2D eigenvalue weighted by atomic mass is 10.1. The van der Waals surface area contributed by atoms with E-state index < -0.39 is 0 Å². The summed E-state index contributed by atoms with van der Waals surface area (Å²) in [7, 11) is 0. The number of nitrogens with zero attached hydrogens (tertiary/aromatic N) is 1. The fourth-order valence-corrected chi connectivity index (χ4v) is 2.17. The number of oxime groups is 1. The van der Waals surface area contributed by atoms with Gasteiger partial charge in [0, 0.05) is 23.1 Å². The first kappa shape index (κ1) is 14.1. The predicted octanol–water partition coefficient (Wildman–Crippen LogP) is 1.99. The number of halogens is 1. The first-order valence-corrected chi connectivity index (χ1v) is 6.50. The molecule has 104 valence electrons. The molecule has 1 aliphatic rings. The van der Waals surface area contributed by atoms with E-state index in [1.165, 1.54) is 0 Å². The van der Waals surface area contributed by atoms with E-state index >= 15 is 0 Å². The summed E-state index contributed by atoms with van der Waals surface area (Å²) >= 11 is 6.13. The average Bonchev–Trinajstić information content (AvgIpc) is 2.93. The van der Waals surface area contributed by atoms with Crippen LogP contribution in [0.3, 0.4) is 0 Å². The maximum absolute atomic E-state index is 8.59. The Hall–Kier alpha value is -1.30. The fraction of sp³-hybridized carbons (Fsp3) is 0.462. The SMILES string of the molecule is N/C(=N/O)c1ccc(COCC2CCOC2)c(Cl)c1. The second-order valence-corrected chi connectivity index (χ2v) is 4.94. The Bertz CT molecular complexity index is 459. The van der Waals surface area contributed by atoms with Crippen LogP contribution in [0.15, 0.2) is 23.4 Å². The quantitative estimate of drug-likeness (QED) is 0.375. The molecule has 1 atom stereocenters. The standard InChI is InChI=1S/C13H17ClN2O3/c14-12-5-10(13(15)16-17)1-2-11(12)8-19-7-9-3-4-18-6-9/h1-2,5,9,17H,3-4,6-8H2,(H2,15,16). The zero-order chi connectivity index (χ0) is 13.7. The Kier molecular flexibility index (Phi) is 5.01. The molecule has 0 spiro atoms. The Labute approximate surface area is 116 Å². The number of hydrogen-bond acceptors (Lipinski definition) is 4. The average molecular weight is 285 g/mol. The number of hydrogen-bond donors (Lipinski definition) is 2. The first-order valence-electron chi connectivity index (χ1n) is 6.12. The highest BCUT2D eigenvalue weighted by molar-refractivity contribution is 6.31. The molecule has 2 rings (SSSR count). The third kappa shape index (κ3) is 3.83. The molecule has 0 saturated carbocycles. The van der Waals surface area contributed by atoms with Crippen LogP contribution in [-0.4, -0.2) is 30.9 Å². The van der Waals surface area contributed by atoms with E-state index in [0.29, 0.717) is 29.7 Å². The number of ether oxygens (including phenoxy) is 2. The summed E-state index contributed by atoms with van der Waals surface area (Å²) in [5, 5.41) is 12.1. The van der Waals surface area contributed by atoms with Crippen LogP contribution in [0, 0.1) is 5.92 Å². The van der Waals surface area contributed by atoms with Crippen molar-refractivity contribution < 1.29 is 14.7 Å². The van der Waals surface area contributed by atoms with Crippen molar-refractivity contribution in [1.29, 1.82) is 0 Å². The van der Waals surface area contributed by atoms with Crippen LogP contribution in [0.1, 0.15) is 17.5 Å². The second-order valence-electron chi connectivity index (χ2n) is 4.54. The molecule has 6 heteroatoms. The van der Waals surface area contributed by atoms with Gasteiger partial charge in [0.2, 0.25) is 0 Å². The van der Waals surface area contributed by atoms with E-state index in [4.69, 9.17) is 32.0 Å². The molecule has 0 bridgehead atoms. The molecule has 0 radical (unpaired) electrons. The van der Waals surface area contributed by atoms with Gasteiger partial charge in [-0.3, -0.25) is 0 Å². The van der Waals surface area contributed by atoms with Crippen molar-refractivity contribution in [1.82, 2.24) is 0 Å². The third-order valence-corrected chi connectivity index (χ3v) is 3.44. The molecule has 1 aromatic carbocycles. The van der Waals surface area contributed by atoms with Crippen LogP contribution in [0.25, 0.3) is 0 Å². The number of amidine groups is 1. The largest absolute Gasteiger partial charge is 0.409 e. The van der Waals surface area contributed by atoms with Crippen molar-refractivity contribution >= 4 is 17.4 Å². The van der Waals surface area contributed by atoms with Crippen LogP contribution in [-0.2, 0) is 16.1 Å². The van der Waals surface area contributed by atoms with Crippen molar-refractivity contribution in [3.63, 3.8) is 0 Å². The van der Waals surface area contributed by atoms with Crippen molar-refractivity contribution in [2.45, 2.75) is 13.0 Å². The summed E-state index contributed by atoms with van der Waals surface area (Å²) in [6, 6.07) is 5.23. The minimum Gasteiger partial charge on any atom is -0.409 e. The highest BCUT2D eigenvalue weighted by atomic mass is 35.5. The summed E-state index contributed by atoms with van der Waals surface area (Å²) in [5.74, 6) is 0.521. The summed E-state index contributed by atoms with van der Waals surface area (Å²) in [4.78, 5) is 0. The summed E-state index contributed by atoms with van der Waals surface area (Å²) < 4.78 is 10.9. The minimum atomic E-state index is 0.0393. The summed E-state index contributed by atoms with van der Waals surface area (Å²) in [6.45, 7) is 2.73. The van der Waals surface area contributed by atoms with Crippen LogP contribution >= 0.6 is 11.6 Å². The van der Waals surface area contributed by atoms with Gasteiger partial charge in [-0.1, -0.05) is 28.9 Å². The van der Waals surface area contributed by atoms with Gasteiger partial charge in [-0.25, -0.2) is 0 Å². The molecular weight excluding hydrogens is 268 g/mol. The maximum Gasteiger partial charge on any atom is 0.170 e. The zero-order valence-electron chi connectivity index (χ0n) is 10.5. The molecule has 0 amide bonds. The highest BCUT2D eigenvalue weighted by Gasteiger charge is 2.15. The van der Waals surface area contributed by atoms with Crippen molar-refractivity contribution in [3.05, 3.63) is 34.3 Å². The molecular formula is C13H17ClN2O3. The molecule has 19 heavy (non-hydrogen) atoms. The Morgan fingerprint density at radius 3 is 3.05 bits per heavy atom. The number of nitrogens with two attached hydrogens (primary N) is 1. The minimum absolute atomic E-state index is 0.0393. The van der Waals surface area contributed by atoms with Crippen LogP contribution in [0.4, 0.5) is 0 Å². The molecule has 0 aliphatic carbocycles. The second kappa shape index (κ2) is 6.75. The maximum atomic E-state index is 8.59. The molecule has 1 heterocycles.